The maximum absolute atomic E-state index is 11.4. The first-order chi connectivity index (χ1) is 8.75. The van der Waals surface area contributed by atoms with Crippen LogP contribution in [0.1, 0.15) is 4.88 Å². The number of hydrogen-bond acceptors (Lipinski definition) is 4. The molecular weight excluding hydrogens is 270 g/mol. The van der Waals surface area contributed by atoms with E-state index in [9.17, 15) is 4.79 Å². The topological polar surface area (TPSA) is 46.9 Å². The lowest BCUT2D eigenvalue weighted by atomic mass is 10.3. The van der Waals surface area contributed by atoms with Crippen LogP contribution in [0.5, 0.6) is 0 Å². The van der Waals surface area contributed by atoms with Crippen LogP contribution >= 0.6 is 22.9 Å². The lowest BCUT2D eigenvalue weighted by Crippen LogP contribution is -2.28. The van der Waals surface area contributed by atoms with E-state index in [1.807, 2.05) is 0 Å². The van der Waals surface area contributed by atoms with Crippen molar-refractivity contribution in [1.29, 1.82) is 0 Å². The van der Waals surface area contributed by atoms with E-state index in [0.717, 1.165) is 19.5 Å². The van der Waals surface area contributed by atoms with Crippen molar-refractivity contribution >= 4 is 22.9 Å². The van der Waals surface area contributed by atoms with E-state index in [-0.39, 0.29) is 5.69 Å². The minimum absolute atomic E-state index is 0.264. The molecule has 2 rings (SSSR count). The van der Waals surface area contributed by atoms with Crippen molar-refractivity contribution in [3.8, 4) is 0 Å². The number of thiophene rings is 1. The number of nitrogens with one attached hydrogen (secondary N) is 1. The molecule has 0 spiro atoms. The zero-order valence-electron chi connectivity index (χ0n) is 9.80. The van der Waals surface area contributed by atoms with E-state index in [4.69, 9.17) is 11.6 Å². The summed E-state index contributed by atoms with van der Waals surface area (Å²) in [4.78, 5) is 16.4. The predicted molar refractivity (Wildman–Crippen MR) is 74.4 cm³/mol. The molecule has 1 N–H and O–H groups in total. The van der Waals surface area contributed by atoms with Gasteiger partial charge in [0, 0.05) is 30.7 Å². The highest BCUT2D eigenvalue weighted by Gasteiger charge is 1.98. The van der Waals surface area contributed by atoms with Crippen molar-refractivity contribution in [3.05, 3.63) is 50.3 Å². The molecule has 2 aromatic heterocycles. The van der Waals surface area contributed by atoms with Crippen molar-refractivity contribution in [2.45, 2.75) is 13.0 Å². The van der Waals surface area contributed by atoms with E-state index in [0.29, 0.717) is 11.6 Å². The van der Waals surface area contributed by atoms with Crippen LogP contribution in [0.3, 0.4) is 0 Å². The molecule has 6 heteroatoms. The SMILES string of the molecule is O=c1ncc(Cl)cn1CCNCCc1cccs1. The number of halogens is 1. The fourth-order valence-corrected chi connectivity index (χ4v) is 2.46. The van der Waals surface area contributed by atoms with Gasteiger partial charge in [0.1, 0.15) is 0 Å². The smallest absolute Gasteiger partial charge is 0.315 e. The molecule has 0 bridgehead atoms. The van der Waals surface area contributed by atoms with E-state index >= 15 is 0 Å². The fraction of sp³-hybridized carbons (Fsp3) is 0.333. The van der Waals surface area contributed by atoms with Gasteiger partial charge in [-0.2, -0.15) is 0 Å². The molecule has 0 atom stereocenters. The van der Waals surface area contributed by atoms with Crippen molar-refractivity contribution in [2.24, 2.45) is 0 Å². The third-order valence-electron chi connectivity index (χ3n) is 2.48. The lowest BCUT2D eigenvalue weighted by molar-refractivity contribution is 0.578. The van der Waals surface area contributed by atoms with Gasteiger partial charge in [-0.05, 0) is 17.9 Å². The zero-order valence-corrected chi connectivity index (χ0v) is 11.4. The highest BCUT2D eigenvalue weighted by atomic mass is 35.5. The summed E-state index contributed by atoms with van der Waals surface area (Å²) in [7, 11) is 0. The predicted octanol–water partition coefficient (Wildman–Crippen LogP) is 1.79. The second-order valence-electron chi connectivity index (χ2n) is 3.83. The summed E-state index contributed by atoms with van der Waals surface area (Å²) in [6.45, 7) is 2.22. The van der Waals surface area contributed by atoms with Gasteiger partial charge in [0.25, 0.3) is 0 Å². The Hall–Kier alpha value is -1.17. The largest absolute Gasteiger partial charge is 0.347 e. The molecule has 0 unspecified atom stereocenters. The summed E-state index contributed by atoms with van der Waals surface area (Å²) in [6, 6.07) is 4.18. The molecule has 0 aliphatic rings. The molecule has 18 heavy (non-hydrogen) atoms. The standard InChI is InChI=1S/C12H14ClN3OS/c13-10-8-15-12(17)16(9-10)6-5-14-4-3-11-2-1-7-18-11/h1-2,7-9,14H,3-6H2. The van der Waals surface area contributed by atoms with Gasteiger partial charge in [0.15, 0.2) is 0 Å². The van der Waals surface area contributed by atoms with Crippen LogP contribution in [-0.2, 0) is 13.0 Å². The second kappa shape index (κ2) is 6.68. The summed E-state index contributed by atoms with van der Waals surface area (Å²) in [5.74, 6) is 0. The van der Waals surface area contributed by atoms with Crippen LogP contribution in [0.25, 0.3) is 0 Å². The minimum atomic E-state index is -0.264. The maximum atomic E-state index is 11.4. The Balaban J connectivity index is 1.72. The third-order valence-corrected chi connectivity index (χ3v) is 3.61. The van der Waals surface area contributed by atoms with Crippen LogP contribution in [0, 0.1) is 0 Å². The molecule has 2 aromatic rings. The molecule has 0 aliphatic carbocycles. The molecule has 0 saturated heterocycles. The average molecular weight is 284 g/mol. The van der Waals surface area contributed by atoms with Gasteiger partial charge in [-0.3, -0.25) is 4.57 Å². The zero-order chi connectivity index (χ0) is 12.8. The van der Waals surface area contributed by atoms with E-state index in [1.165, 1.54) is 15.6 Å². The Morgan fingerprint density at radius 3 is 3.11 bits per heavy atom. The molecule has 0 saturated carbocycles. The summed E-state index contributed by atoms with van der Waals surface area (Å²) < 4.78 is 1.51. The van der Waals surface area contributed by atoms with Crippen LogP contribution in [-0.4, -0.2) is 22.6 Å². The van der Waals surface area contributed by atoms with Gasteiger partial charge < -0.3 is 5.32 Å². The number of aromatic nitrogens is 2. The van der Waals surface area contributed by atoms with E-state index < -0.39 is 0 Å². The lowest BCUT2D eigenvalue weighted by Gasteiger charge is -2.06. The Kier molecular flexibility index (Phi) is 4.92. The van der Waals surface area contributed by atoms with Gasteiger partial charge >= 0.3 is 5.69 Å². The van der Waals surface area contributed by atoms with Gasteiger partial charge in [0.05, 0.1) is 11.2 Å². The molecule has 0 amide bonds. The van der Waals surface area contributed by atoms with Gasteiger partial charge in [-0.15, -0.1) is 11.3 Å². The number of hydrogen-bond donors (Lipinski definition) is 1. The monoisotopic (exact) mass is 283 g/mol. The van der Waals surface area contributed by atoms with Crippen LogP contribution < -0.4 is 11.0 Å². The van der Waals surface area contributed by atoms with Crippen LogP contribution in [0.4, 0.5) is 0 Å². The summed E-state index contributed by atoms with van der Waals surface area (Å²) >= 11 is 7.54. The third kappa shape index (κ3) is 3.94. The Morgan fingerprint density at radius 2 is 2.33 bits per heavy atom. The van der Waals surface area contributed by atoms with Crippen molar-refractivity contribution in [3.63, 3.8) is 0 Å². The molecule has 0 aromatic carbocycles. The molecule has 96 valence electrons. The first kappa shape index (κ1) is 13.3. The Labute approximate surface area is 114 Å². The molecule has 0 aliphatic heterocycles. The number of rotatable bonds is 6. The first-order valence-corrected chi connectivity index (χ1v) is 6.96. The fourth-order valence-electron chi connectivity index (χ4n) is 1.58. The van der Waals surface area contributed by atoms with Gasteiger partial charge in [-0.25, -0.2) is 9.78 Å². The molecule has 4 nitrogen and oxygen atoms in total. The highest BCUT2D eigenvalue weighted by Crippen LogP contribution is 2.07. The second-order valence-corrected chi connectivity index (χ2v) is 5.30. The molecule has 0 fully saturated rings. The van der Waals surface area contributed by atoms with Crippen molar-refractivity contribution < 1.29 is 0 Å². The summed E-state index contributed by atoms with van der Waals surface area (Å²) in [5, 5.41) is 5.85. The highest BCUT2D eigenvalue weighted by molar-refractivity contribution is 7.09. The quantitative estimate of drug-likeness (QED) is 0.822. The molecular formula is C12H14ClN3OS. The Morgan fingerprint density at radius 1 is 1.44 bits per heavy atom. The van der Waals surface area contributed by atoms with Crippen molar-refractivity contribution in [2.75, 3.05) is 13.1 Å². The average Bonchev–Trinajstić information content (AvgIpc) is 2.86. The molecule has 0 radical (unpaired) electrons. The first-order valence-electron chi connectivity index (χ1n) is 5.71. The Bertz CT molecular complexity index is 539. The number of nitrogens with zero attached hydrogens (tertiary/aromatic N) is 2. The van der Waals surface area contributed by atoms with Crippen LogP contribution in [0.2, 0.25) is 5.02 Å². The van der Waals surface area contributed by atoms with E-state index in [1.54, 1.807) is 17.5 Å². The van der Waals surface area contributed by atoms with Gasteiger partial charge in [-0.1, -0.05) is 17.7 Å². The van der Waals surface area contributed by atoms with Crippen molar-refractivity contribution in [1.82, 2.24) is 14.9 Å². The van der Waals surface area contributed by atoms with E-state index in [2.05, 4.69) is 27.8 Å². The minimum Gasteiger partial charge on any atom is -0.315 e. The van der Waals surface area contributed by atoms with Gasteiger partial charge in [0.2, 0.25) is 0 Å². The maximum Gasteiger partial charge on any atom is 0.347 e. The summed E-state index contributed by atoms with van der Waals surface area (Å²) in [6.07, 6.45) is 3.99. The molecule has 2 heterocycles. The summed E-state index contributed by atoms with van der Waals surface area (Å²) in [5.41, 5.74) is -0.264. The normalized spacial score (nSPS) is 10.7. The van der Waals surface area contributed by atoms with Crippen LogP contribution in [0.15, 0.2) is 34.7 Å².